The van der Waals surface area contributed by atoms with Gasteiger partial charge in [0, 0.05) is 13.3 Å². The van der Waals surface area contributed by atoms with Crippen LogP contribution >= 0.6 is 0 Å². The molecule has 0 spiro atoms. The van der Waals surface area contributed by atoms with E-state index in [0.29, 0.717) is 0 Å². The van der Waals surface area contributed by atoms with E-state index in [1.165, 1.54) is 6.92 Å². The van der Waals surface area contributed by atoms with Gasteiger partial charge in [0.2, 0.25) is 11.8 Å². The van der Waals surface area contributed by atoms with Gasteiger partial charge >= 0.3 is 5.97 Å². The fourth-order valence-corrected chi connectivity index (χ4v) is 2.29. The number of carbonyl (C=O) groups excluding carboxylic acids is 2. The summed E-state index contributed by atoms with van der Waals surface area (Å²) in [5.41, 5.74) is 1.86. The maximum Gasteiger partial charge on any atom is 0.326 e. The first-order chi connectivity index (χ1) is 10.7. The number of carboxylic acid groups (broad SMARTS) is 1. The SMILES string of the molecule is CC(=O)N[C@@H](C(=O)N[C@@H](Cc1cccc(C)c1)C(=O)O)C(C)C. The van der Waals surface area contributed by atoms with E-state index >= 15 is 0 Å². The van der Waals surface area contributed by atoms with Crippen LogP contribution in [0.2, 0.25) is 0 Å². The zero-order valence-corrected chi connectivity index (χ0v) is 13.9. The molecule has 0 aromatic heterocycles. The second kappa shape index (κ2) is 8.31. The lowest BCUT2D eigenvalue weighted by molar-refractivity contribution is -0.142. The molecule has 0 unspecified atom stereocenters. The van der Waals surface area contributed by atoms with Gasteiger partial charge in [-0.3, -0.25) is 9.59 Å². The highest BCUT2D eigenvalue weighted by atomic mass is 16.4. The minimum Gasteiger partial charge on any atom is -0.480 e. The van der Waals surface area contributed by atoms with Crippen molar-refractivity contribution in [2.24, 2.45) is 5.92 Å². The van der Waals surface area contributed by atoms with Crippen LogP contribution in [-0.2, 0) is 20.8 Å². The number of nitrogens with one attached hydrogen (secondary N) is 2. The molecule has 0 saturated carbocycles. The molecule has 126 valence electrons. The summed E-state index contributed by atoms with van der Waals surface area (Å²) < 4.78 is 0. The van der Waals surface area contributed by atoms with Gasteiger partial charge in [-0.15, -0.1) is 0 Å². The van der Waals surface area contributed by atoms with Gasteiger partial charge in [-0.2, -0.15) is 0 Å². The first-order valence-electron chi connectivity index (χ1n) is 7.56. The molecular weight excluding hydrogens is 296 g/mol. The van der Waals surface area contributed by atoms with Crippen LogP contribution in [0.1, 0.15) is 31.9 Å². The van der Waals surface area contributed by atoms with E-state index in [9.17, 15) is 19.5 Å². The number of rotatable bonds is 7. The Kier molecular flexibility index (Phi) is 6.75. The summed E-state index contributed by atoms with van der Waals surface area (Å²) in [5, 5.41) is 14.4. The molecule has 0 aliphatic rings. The molecule has 6 nitrogen and oxygen atoms in total. The van der Waals surface area contributed by atoms with Gasteiger partial charge in [-0.05, 0) is 18.4 Å². The van der Waals surface area contributed by atoms with Gasteiger partial charge in [0.15, 0.2) is 0 Å². The van der Waals surface area contributed by atoms with Crippen LogP contribution < -0.4 is 10.6 Å². The Morgan fingerprint density at radius 2 is 1.83 bits per heavy atom. The molecule has 0 aliphatic carbocycles. The van der Waals surface area contributed by atoms with Crippen LogP contribution in [-0.4, -0.2) is 35.0 Å². The standard InChI is InChI=1S/C17H24N2O4/c1-10(2)15(18-12(4)20)16(21)19-14(17(22)23)9-13-7-5-6-11(3)8-13/h5-8,10,14-15H,9H2,1-4H3,(H,18,20)(H,19,21)(H,22,23)/t14-,15+/m0/s1. The molecule has 3 N–H and O–H groups in total. The molecule has 0 fully saturated rings. The molecule has 1 rings (SSSR count). The molecule has 1 aromatic carbocycles. The molecule has 6 heteroatoms. The zero-order chi connectivity index (χ0) is 17.6. The van der Waals surface area contributed by atoms with E-state index in [0.717, 1.165) is 11.1 Å². The summed E-state index contributed by atoms with van der Waals surface area (Å²) in [6.07, 6.45) is 0.188. The Bertz CT molecular complexity index is 584. The molecular formula is C17H24N2O4. The van der Waals surface area contributed by atoms with Crippen molar-refractivity contribution < 1.29 is 19.5 Å². The second-order valence-corrected chi connectivity index (χ2v) is 6.01. The summed E-state index contributed by atoms with van der Waals surface area (Å²) in [6, 6.07) is 5.67. The summed E-state index contributed by atoms with van der Waals surface area (Å²) in [5.74, 6) is -2.07. The number of carbonyl (C=O) groups is 3. The van der Waals surface area contributed by atoms with Crippen molar-refractivity contribution >= 4 is 17.8 Å². The number of carboxylic acids is 1. The van der Waals surface area contributed by atoms with Crippen LogP contribution in [0, 0.1) is 12.8 Å². The minimum atomic E-state index is -1.11. The second-order valence-electron chi connectivity index (χ2n) is 6.01. The molecule has 0 saturated heterocycles. The topological polar surface area (TPSA) is 95.5 Å². The summed E-state index contributed by atoms with van der Waals surface area (Å²) >= 11 is 0. The number of aliphatic carboxylic acids is 1. The Morgan fingerprint density at radius 3 is 2.30 bits per heavy atom. The molecule has 0 aliphatic heterocycles. The Hall–Kier alpha value is -2.37. The normalized spacial score (nSPS) is 13.3. The Morgan fingerprint density at radius 1 is 1.17 bits per heavy atom. The molecule has 0 radical (unpaired) electrons. The number of hydrogen-bond donors (Lipinski definition) is 3. The third-order valence-electron chi connectivity index (χ3n) is 3.44. The van der Waals surface area contributed by atoms with Crippen molar-refractivity contribution in [1.29, 1.82) is 0 Å². The van der Waals surface area contributed by atoms with Gasteiger partial charge in [0.1, 0.15) is 12.1 Å². The van der Waals surface area contributed by atoms with Crippen LogP contribution in [0.5, 0.6) is 0 Å². The van der Waals surface area contributed by atoms with Gasteiger partial charge < -0.3 is 15.7 Å². The predicted octanol–water partition coefficient (Wildman–Crippen LogP) is 1.27. The first-order valence-corrected chi connectivity index (χ1v) is 7.56. The molecule has 2 amide bonds. The Balaban J connectivity index is 2.84. The first kappa shape index (κ1) is 18.7. The van der Waals surface area contributed by atoms with E-state index < -0.39 is 24.0 Å². The summed E-state index contributed by atoms with van der Waals surface area (Å²) in [7, 11) is 0. The van der Waals surface area contributed by atoms with E-state index in [4.69, 9.17) is 0 Å². The van der Waals surface area contributed by atoms with Gasteiger partial charge in [0.05, 0.1) is 0 Å². The fraction of sp³-hybridized carbons (Fsp3) is 0.471. The third kappa shape index (κ3) is 6.10. The van der Waals surface area contributed by atoms with Crippen molar-refractivity contribution in [3.8, 4) is 0 Å². The van der Waals surface area contributed by atoms with E-state index in [2.05, 4.69) is 10.6 Å². The lowest BCUT2D eigenvalue weighted by Gasteiger charge is -2.23. The van der Waals surface area contributed by atoms with Crippen LogP contribution in [0.25, 0.3) is 0 Å². The average Bonchev–Trinajstić information content (AvgIpc) is 2.43. The highest BCUT2D eigenvalue weighted by Crippen LogP contribution is 2.09. The molecule has 0 bridgehead atoms. The number of hydrogen-bond acceptors (Lipinski definition) is 3. The molecule has 2 atom stereocenters. The van der Waals surface area contributed by atoms with Crippen molar-refractivity contribution in [3.05, 3.63) is 35.4 Å². The minimum absolute atomic E-state index is 0.146. The van der Waals surface area contributed by atoms with E-state index in [1.807, 2.05) is 31.2 Å². The predicted molar refractivity (Wildman–Crippen MR) is 86.9 cm³/mol. The Labute approximate surface area is 136 Å². The monoisotopic (exact) mass is 320 g/mol. The molecule has 1 aromatic rings. The quantitative estimate of drug-likeness (QED) is 0.705. The van der Waals surface area contributed by atoms with Gasteiger partial charge in [-0.1, -0.05) is 43.7 Å². The van der Waals surface area contributed by atoms with Crippen molar-refractivity contribution in [2.45, 2.75) is 46.2 Å². The summed E-state index contributed by atoms with van der Waals surface area (Å²) in [4.78, 5) is 34.9. The maximum absolute atomic E-state index is 12.3. The largest absolute Gasteiger partial charge is 0.480 e. The maximum atomic E-state index is 12.3. The average molecular weight is 320 g/mol. The van der Waals surface area contributed by atoms with E-state index in [-0.39, 0.29) is 18.2 Å². The van der Waals surface area contributed by atoms with Crippen LogP contribution in [0.3, 0.4) is 0 Å². The van der Waals surface area contributed by atoms with Crippen LogP contribution in [0.15, 0.2) is 24.3 Å². The number of benzene rings is 1. The van der Waals surface area contributed by atoms with E-state index in [1.54, 1.807) is 13.8 Å². The lowest BCUT2D eigenvalue weighted by Crippen LogP contribution is -2.53. The number of amides is 2. The summed E-state index contributed by atoms with van der Waals surface area (Å²) in [6.45, 7) is 6.82. The van der Waals surface area contributed by atoms with Crippen molar-refractivity contribution in [2.75, 3.05) is 0 Å². The van der Waals surface area contributed by atoms with Gasteiger partial charge in [-0.25, -0.2) is 4.79 Å². The zero-order valence-electron chi connectivity index (χ0n) is 13.9. The van der Waals surface area contributed by atoms with Gasteiger partial charge in [0.25, 0.3) is 0 Å². The highest BCUT2D eigenvalue weighted by molar-refractivity contribution is 5.90. The smallest absolute Gasteiger partial charge is 0.326 e. The fourth-order valence-electron chi connectivity index (χ4n) is 2.29. The lowest BCUT2D eigenvalue weighted by atomic mass is 10.0. The highest BCUT2D eigenvalue weighted by Gasteiger charge is 2.28. The van der Waals surface area contributed by atoms with Crippen molar-refractivity contribution in [3.63, 3.8) is 0 Å². The van der Waals surface area contributed by atoms with Crippen molar-refractivity contribution in [1.82, 2.24) is 10.6 Å². The third-order valence-corrected chi connectivity index (χ3v) is 3.44. The number of aryl methyl sites for hydroxylation is 1. The molecule has 0 heterocycles. The van der Waals surface area contributed by atoms with Crippen LogP contribution in [0.4, 0.5) is 0 Å². The molecule has 23 heavy (non-hydrogen) atoms.